The molecule has 0 saturated heterocycles. The van der Waals surface area contributed by atoms with Gasteiger partial charge in [0, 0.05) is 11.9 Å². The zero-order valence-electron chi connectivity index (χ0n) is 9.37. The fourth-order valence-electron chi connectivity index (χ4n) is 2.04. The average Bonchev–Trinajstić information content (AvgIpc) is 2.27. The molecule has 1 aliphatic carbocycles. The van der Waals surface area contributed by atoms with Crippen LogP contribution in [0.2, 0.25) is 0 Å². The van der Waals surface area contributed by atoms with E-state index in [1.807, 2.05) is 25.1 Å². The third-order valence-corrected chi connectivity index (χ3v) is 3.57. The van der Waals surface area contributed by atoms with Crippen molar-refractivity contribution in [1.82, 2.24) is 5.32 Å². The van der Waals surface area contributed by atoms with Gasteiger partial charge in [0.05, 0.1) is 5.92 Å². The summed E-state index contributed by atoms with van der Waals surface area (Å²) in [6, 6.07) is 8.21. The normalized spacial score (nSPS) is 19.5. The minimum absolute atomic E-state index is 0.0356. The molecule has 3 heteroatoms. The molecule has 16 heavy (non-hydrogen) atoms. The van der Waals surface area contributed by atoms with Crippen LogP contribution in [-0.2, 0) is 11.2 Å². The lowest BCUT2D eigenvalue weighted by Gasteiger charge is -2.30. The fourth-order valence-corrected chi connectivity index (χ4v) is 2.34. The monoisotopic (exact) mass is 237 g/mol. The molecule has 2 atom stereocenters. The highest BCUT2D eigenvalue weighted by molar-refractivity contribution is 6.18. The maximum absolute atomic E-state index is 11.9. The molecule has 1 amide bonds. The van der Waals surface area contributed by atoms with E-state index in [9.17, 15) is 4.79 Å². The number of nitrogens with one attached hydrogen (secondary N) is 1. The van der Waals surface area contributed by atoms with Gasteiger partial charge in [-0.05, 0) is 24.0 Å². The number of amides is 1. The first-order valence-corrected chi connectivity index (χ1v) is 6.23. The lowest BCUT2D eigenvalue weighted by Crippen LogP contribution is -2.42. The van der Waals surface area contributed by atoms with E-state index < -0.39 is 0 Å². The number of fused-ring (bicyclic) bond motifs is 1. The molecular formula is C13H16ClNO. The molecule has 1 aromatic rings. The Morgan fingerprint density at radius 1 is 1.56 bits per heavy atom. The van der Waals surface area contributed by atoms with Crippen molar-refractivity contribution >= 4 is 17.5 Å². The summed E-state index contributed by atoms with van der Waals surface area (Å²) in [5.74, 6) is 0.635. The second-order valence-electron chi connectivity index (χ2n) is 4.22. The molecule has 0 aliphatic heterocycles. The Morgan fingerprint density at radius 3 is 2.94 bits per heavy atom. The van der Waals surface area contributed by atoms with Crippen molar-refractivity contribution in [3.8, 4) is 0 Å². The Bertz CT molecular complexity index is 387. The van der Waals surface area contributed by atoms with Gasteiger partial charge in [0.1, 0.15) is 0 Å². The highest BCUT2D eigenvalue weighted by Gasteiger charge is 2.32. The molecule has 1 aliphatic rings. The van der Waals surface area contributed by atoms with Crippen LogP contribution in [0, 0.1) is 0 Å². The summed E-state index contributed by atoms with van der Waals surface area (Å²) in [5, 5.41) is 2.99. The van der Waals surface area contributed by atoms with Crippen LogP contribution >= 0.6 is 11.6 Å². The van der Waals surface area contributed by atoms with Gasteiger partial charge in [-0.15, -0.1) is 11.6 Å². The highest BCUT2D eigenvalue weighted by Crippen LogP contribution is 2.34. The number of halogens is 1. The van der Waals surface area contributed by atoms with E-state index in [1.165, 1.54) is 11.1 Å². The molecule has 0 spiro atoms. The number of benzene rings is 1. The molecule has 0 bridgehead atoms. The van der Waals surface area contributed by atoms with Crippen molar-refractivity contribution < 1.29 is 4.79 Å². The molecule has 2 unspecified atom stereocenters. The summed E-state index contributed by atoms with van der Waals surface area (Å²) in [7, 11) is 0. The lowest BCUT2D eigenvalue weighted by atomic mass is 9.77. The fraction of sp³-hybridized carbons (Fsp3) is 0.462. The van der Waals surface area contributed by atoms with E-state index in [1.54, 1.807) is 0 Å². The second-order valence-corrected chi connectivity index (χ2v) is 4.53. The molecule has 2 rings (SSSR count). The number of hydrogen-bond acceptors (Lipinski definition) is 1. The number of alkyl halides is 1. The molecule has 2 nitrogen and oxygen atoms in total. The Kier molecular flexibility index (Phi) is 3.49. The van der Waals surface area contributed by atoms with Gasteiger partial charge in [-0.2, -0.15) is 0 Å². The third kappa shape index (κ3) is 2.07. The minimum Gasteiger partial charge on any atom is -0.352 e. The molecule has 86 valence electrons. The largest absolute Gasteiger partial charge is 0.352 e. The predicted octanol–water partition coefficient (Wildman–Crippen LogP) is 2.46. The quantitative estimate of drug-likeness (QED) is 0.801. The van der Waals surface area contributed by atoms with Gasteiger partial charge in [0.15, 0.2) is 0 Å². The molecule has 0 heterocycles. The maximum atomic E-state index is 11.9. The number of carbonyl (C=O) groups excluding carboxylic acids is 1. The first-order valence-electron chi connectivity index (χ1n) is 5.70. The standard InChI is InChI=1S/C13H16ClNO/c1-2-10(8-14)15-13(16)12-7-9-5-3-4-6-11(9)12/h3-6,10,12H,2,7-8H2,1H3,(H,15,16). The molecule has 0 saturated carbocycles. The molecule has 0 aromatic heterocycles. The third-order valence-electron chi connectivity index (χ3n) is 3.20. The van der Waals surface area contributed by atoms with Gasteiger partial charge in [0.25, 0.3) is 0 Å². The van der Waals surface area contributed by atoms with Crippen LogP contribution < -0.4 is 5.32 Å². The van der Waals surface area contributed by atoms with Gasteiger partial charge >= 0.3 is 0 Å². The summed E-state index contributed by atoms with van der Waals surface area (Å²) in [4.78, 5) is 11.9. The Hall–Kier alpha value is -1.02. The summed E-state index contributed by atoms with van der Waals surface area (Å²) in [6.07, 6.45) is 1.74. The van der Waals surface area contributed by atoms with E-state index in [0.717, 1.165) is 12.8 Å². The van der Waals surface area contributed by atoms with Crippen molar-refractivity contribution in [2.24, 2.45) is 0 Å². The first kappa shape index (κ1) is 11.5. The molecule has 1 aromatic carbocycles. The van der Waals surface area contributed by atoms with E-state index >= 15 is 0 Å². The van der Waals surface area contributed by atoms with Crippen molar-refractivity contribution in [3.63, 3.8) is 0 Å². The van der Waals surface area contributed by atoms with Gasteiger partial charge in [-0.3, -0.25) is 4.79 Å². The summed E-state index contributed by atoms with van der Waals surface area (Å²) >= 11 is 5.76. The van der Waals surface area contributed by atoms with Gasteiger partial charge < -0.3 is 5.32 Å². The van der Waals surface area contributed by atoms with Crippen LogP contribution in [0.5, 0.6) is 0 Å². The Balaban J connectivity index is 1.99. The summed E-state index contributed by atoms with van der Waals surface area (Å²) in [6.45, 7) is 2.03. The number of rotatable bonds is 4. The van der Waals surface area contributed by atoms with E-state index in [4.69, 9.17) is 11.6 Å². The lowest BCUT2D eigenvalue weighted by molar-refractivity contribution is -0.123. The maximum Gasteiger partial charge on any atom is 0.228 e. The van der Waals surface area contributed by atoms with Gasteiger partial charge in [-0.25, -0.2) is 0 Å². The van der Waals surface area contributed by atoms with Crippen molar-refractivity contribution in [2.45, 2.75) is 31.7 Å². The molecule has 1 N–H and O–H groups in total. The van der Waals surface area contributed by atoms with Crippen LogP contribution in [-0.4, -0.2) is 17.8 Å². The van der Waals surface area contributed by atoms with Crippen LogP contribution in [0.4, 0.5) is 0 Å². The Morgan fingerprint density at radius 2 is 2.31 bits per heavy atom. The van der Waals surface area contributed by atoms with Gasteiger partial charge in [0.2, 0.25) is 5.91 Å². The molecule has 0 fully saturated rings. The van der Waals surface area contributed by atoms with Crippen molar-refractivity contribution in [1.29, 1.82) is 0 Å². The van der Waals surface area contributed by atoms with E-state index in [2.05, 4.69) is 11.4 Å². The highest BCUT2D eigenvalue weighted by atomic mass is 35.5. The van der Waals surface area contributed by atoms with Crippen LogP contribution in [0.25, 0.3) is 0 Å². The molecule has 0 radical (unpaired) electrons. The smallest absolute Gasteiger partial charge is 0.228 e. The SMILES string of the molecule is CCC(CCl)NC(=O)C1Cc2ccccc21. The number of hydrogen-bond donors (Lipinski definition) is 1. The van der Waals surface area contributed by atoms with Crippen LogP contribution in [0.15, 0.2) is 24.3 Å². The van der Waals surface area contributed by atoms with Crippen molar-refractivity contribution in [3.05, 3.63) is 35.4 Å². The zero-order chi connectivity index (χ0) is 11.5. The van der Waals surface area contributed by atoms with E-state index in [-0.39, 0.29) is 17.9 Å². The van der Waals surface area contributed by atoms with E-state index in [0.29, 0.717) is 5.88 Å². The second kappa shape index (κ2) is 4.88. The van der Waals surface area contributed by atoms with Crippen molar-refractivity contribution in [2.75, 3.05) is 5.88 Å². The topological polar surface area (TPSA) is 29.1 Å². The van der Waals surface area contributed by atoms with Crippen LogP contribution in [0.1, 0.15) is 30.4 Å². The zero-order valence-corrected chi connectivity index (χ0v) is 10.1. The average molecular weight is 238 g/mol. The predicted molar refractivity (Wildman–Crippen MR) is 65.8 cm³/mol. The summed E-state index contributed by atoms with van der Waals surface area (Å²) in [5.41, 5.74) is 2.46. The number of carbonyl (C=O) groups is 1. The van der Waals surface area contributed by atoms with Gasteiger partial charge in [-0.1, -0.05) is 31.2 Å². The van der Waals surface area contributed by atoms with Crippen LogP contribution in [0.3, 0.4) is 0 Å². The minimum atomic E-state index is 0.0356. The molecular weight excluding hydrogens is 222 g/mol. The Labute approximate surface area is 101 Å². The summed E-state index contributed by atoms with van der Waals surface area (Å²) < 4.78 is 0. The first-order chi connectivity index (χ1) is 7.76.